The first kappa shape index (κ1) is 26.4. The van der Waals surface area contributed by atoms with Crippen molar-refractivity contribution in [1.82, 2.24) is 0 Å². The summed E-state index contributed by atoms with van der Waals surface area (Å²) >= 11 is 10.6. The minimum absolute atomic E-state index is 0.0247. The Morgan fingerprint density at radius 3 is 2.53 bits per heavy atom. The van der Waals surface area contributed by atoms with Gasteiger partial charge in [0.05, 0.1) is 25.7 Å². The molecule has 0 spiro atoms. The van der Waals surface area contributed by atoms with Crippen molar-refractivity contribution in [3.63, 3.8) is 0 Å². The number of carbonyl (C=O) groups is 1. The van der Waals surface area contributed by atoms with E-state index in [1.54, 1.807) is 12.1 Å². The number of cyclic esters (lactones) is 1. The van der Waals surface area contributed by atoms with Gasteiger partial charge in [0.2, 0.25) is 5.90 Å². The number of ether oxygens (including phenoxy) is 3. The molecule has 184 valence electrons. The Kier molecular flexibility index (Phi) is 8.46. The van der Waals surface area contributed by atoms with Crippen molar-refractivity contribution in [1.29, 1.82) is 0 Å². The molecule has 0 unspecified atom stereocenters. The van der Waals surface area contributed by atoms with E-state index in [2.05, 4.69) is 50.2 Å². The molecule has 0 N–H and O–H groups in total. The lowest BCUT2D eigenvalue weighted by Crippen LogP contribution is -2.06. The highest BCUT2D eigenvalue weighted by Crippen LogP contribution is 2.36. The van der Waals surface area contributed by atoms with E-state index in [1.165, 1.54) is 18.2 Å². The van der Waals surface area contributed by atoms with Crippen LogP contribution in [-0.4, -0.2) is 23.4 Å². The normalized spacial score (nSPS) is 13.9. The predicted octanol–water partition coefficient (Wildman–Crippen LogP) is 6.78. The lowest BCUT2D eigenvalue weighted by molar-refractivity contribution is -0.384. The molecule has 0 aromatic heterocycles. The Balaban J connectivity index is 1.61. The second kappa shape index (κ2) is 11.6. The highest BCUT2D eigenvalue weighted by molar-refractivity contribution is 14.1. The van der Waals surface area contributed by atoms with Gasteiger partial charge < -0.3 is 14.2 Å². The fourth-order valence-electron chi connectivity index (χ4n) is 3.28. The number of hydrogen-bond acceptors (Lipinski definition) is 7. The van der Waals surface area contributed by atoms with Crippen LogP contribution in [0.25, 0.3) is 6.08 Å². The van der Waals surface area contributed by atoms with Crippen molar-refractivity contribution in [2.24, 2.45) is 4.99 Å². The third-order valence-electron chi connectivity index (χ3n) is 4.95. The number of aliphatic imine (C=N–C) groups is 1. The molecule has 0 fully saturated rings. The summed E-state index contributed by atoms with van der Waals surface area (Å²) < 4.78 is 19.1. The first-order valence-electron chi connectivity index (χ1n) is 10.6. The molecule has 0 saturated carbocycles. The van der Waals surface area contributed by atoms with Gasteiger partial charge in [-0.2, -0.15) is 0 Å². The molecule has 3 aromatic carbocycles. The highest BCUT2D eigenvalue weighted by atomic mass is 127. The summed E-state index contributed by atoms with van der Waals surface area (Å²) in [5.41, 5.74) is 1.86. The molecule has 0 saturated heterocycles. The standard InChI is InChI=1S/C25H17ClI2N2O6/c1-2-34-22-11-15(9-20(28)23(22)35-13-14-3-5-16(27)6-4-14)10-21-25(31)36-24(29-21)18-8-7-17(30(32)33)12-19(18)26/h3-12H,2,13H2,1H3/b21-10-. The average molecular weight is 731 g/mol. The summed E-state index contributed by atoms with van der Waals surface area (Å²) in [6.07, 6.45) is 1.57. The summed E-state index contributed by atoms with van der Waals surface area (Å²) in [7, 11) is 0. The van der Waals surface area contributed by atoms with Crippen molar-refractivity contribution in [2.75, 3.05) is 6.61 Å². The first-order chi connectivity index (χ1) is 17.2. The van der Waals surface area contributed by atoms with E-state index in [9.17, 15) is 14.9 Å². The molecular formula is C25H17ClI2N2O6. The number of nitrogens with zero attached hydrogens (tertiary/aromatic N) is 2. The number of nitro benzene ring substituents is 1. The number of halogens is 3. The zero-order valence-electron chi connectivity index (χ0n) is 18.7. The second-order valence-electron chi connectivity index (χ2n) is 7.44. The van der Waals surface area contributed by atoms with Gasteiger partial charge in [-0.3, -0.25) is 10.1 Å². The third-order valence-corrected chi connectivity index (χ3v) is 6.78. The van der Waals surface area contributed by atoms with Gasteiger partial charge in [0, 0.05) is 15.7 Å². The van der Waals surface area contributed by atoms with Gasteiger partial charge in [0.1, 0.15) is 6.61 Å². The van der Waals surface area contributed by atoms with E-state index in [0.29, 0.717) is 30.3 Å². The number of nitro groups is 1. The number of rotatable bonds is 8. The summed E-state index contributed by atoms with van der Waals surface area (Å²) in [5, 5.41) is 11.0. The van der Waals surface area contributed by atoms with Gasteiger partial charge in [0.25, 0.3) is 5.69 Å². The van der Waals surface area contributed by atoms with Gasteiger partial charge in [-0.05, 0) is 99.6 Å². The Bertz CT molecular complexity index is 1410. The minimum Gasteiger partial charge on any atom is -0.490 e. The molecule has 1 heterocycles. The zero-order valence-corrected chi connectivity index (χ0v) is 23.7. The monoisotopic (exact) mass is 730 g/mol. The van der Waals surface area contributed by atoms with Gasteiger partial charge in [-0.1, -0.05) is 23.7 Å². The predicted molar refractivity (Wildman–Crippen MR) is 153 cm³/mol. The number of non-ortho nitro benzene ring substituents is 1. The van der Waals surface area contributed by atoms with Crippen LogP contribution in [0.15, 0.2) is 65.3 Å². The van der Waals surface area contributed by atoms with Crippen LogP contribution in [0.5, 0.6) is 11.5 Å². The minimum atomic E-state index is -0.661. The van der Waals surface area contributed by atoms with Crippen LogP contribution >= 0.6 is 56.8 Å². The summed E-state index contributed by atoms with van der Waals surface area (Å²) in [4.78, 5) is 27.1. The molecule has 0 aliphatic carbocycles. The molecule has 3 aromatic rings. The Morgan fingerprint density at radius 1 is 1.11 bits per heavy atom. The highest BCUT2D eigenvalue weighted by Gasteiger charge is 2.27. The van der Waals surface area contributed by atoms with Crippen molar-refractivity contribution in [2.45, 2.75) is 13.5 Å². The largest absolute Gasteiger partial charge is 0.490 e. The molecule has 1 aliphatic heterocycles. The molecular weight excluding hydrogens is 714 g/mol. The molecule has 4 rings (SSSR count). The van der Waals surface area contributed by atoms with Gasteiger partial charge in [-0.15, -0.1) is 0 Å². The first-order valence-corrected chi connectivity index (χ1v) is 13.1. The van der Waals surface area contributed by atoms with Crippen LogP contribution in [0.3, 0.4) is 0 Å². The van der Waals surface area contributed by atoms with E-state index >= 15 is 0 Å². The molecule has 1 aliphatic rings. The fraction of sp³-hybridized carbons (Fsp3) is 0.120. The van der Waals surface area contributed by atoms with E-state index in [0.717, 1.165) is 12.7 Å². The van der Waals surface area contributed by atoms with Crippen LogP contribution in [-0.2, 0) is 16.1 Å². The number of esters is 1. The zero-order chi connectivity index (χ0) is 25.8. The lowest BCUT2D eigenvalue weighted by Gasteiger charge is -2.15. The molecule has 0 radical (unpaired) electrons. The van der Waals surface area contributed by atoms with Crippen molar-refractivity contribution >= 4 is 80.4 Å². The summed E-state index contributed by atoms with van der Waals surface area (Å²) in [6.45, 7) is 2.68. The molecule has 11 heteroatoms. The van der Waals surface area contributed by atoms with E-state index in [1.807, 2.05) is 37.3 Å². The van der Waals surface area contributed by atoms with Crippen LogP contribution < -0.4 is 9.47 Å². The topological polar surface area (TPSA) is 100 Å². The lowest BCUT2D eigenvalue weighted by atomic mass is 10.1. The van der Waals surface area contributed by atoms with Crippen molar-refractivity contribution in [3.05, 3.63) is 99.3 Å². The average Bonchev–Trinajstić information content (AvgIpc) is 3.19. The van der Waals surface area contributed by atoms with Crippen LogP contribution in [0, 0.1) is 17.3 Å². The van der Waals surface area contributed by atoms with Crippen molar-refractivity contribution < 1.29 is 23.9 Å². The Hall–Kier alpha value is -2.71. The van der Waals surface area contributed by atoms with Gasteiger partial charge in [0.15, 0.2) is 17.2 Å². The summed E-state index contributed by atoms with van der Waals surface area (Å²) in [6, 6.07) is 15.5. The Labute approximate surface area is 238 Å². The van der Waals surface area contributed by atoms with Gasteiger partial charge >= 0.3 is 5.97 Å². The Morgan fingerprint density at radius 2 is 1.86 bits per heavy atom. The van der Waals surface area contributed by atoms with Crippen LogP contribution in [0.2, 0.25) is 5.02 Å². The van der Waals surface area contributed by atoms with E-state index in [-0.39, 0.29) is 27.9 Å². The van der Waals surface area contributed by atoms with Crippen molar-refractivity contribution in [3.8, 4) is 11.5 Å². The van der Waals surface area contributed by atoms with Gasteiger partial charge in [-0.25, -0.2) is 9.79 Å². The maximum atomic E-state index is 12.5. The third kappa shape index (κ3) is 6.16. The van der Waals surface area contributed by atoms with Crippen LogP contribution in [0.4, 0.5) is 5.69 Å². The number of hydrogen-bond donors (Lipinski definition) is 0. The number of carbonyl (C=O) groups excluding carboxylic acids is 1. The molecule has 8 nitrogen and oxygen atoms in total. The summed E-state index contributed by atoms with van der Waals surface area (Å²) in [5.74, 6) is 0.458. The quantitative estimate of drug-likeness (QED) is 0.0834. The van der Waals surface area contributed by atoms with E-state index < -0.39 is 10.9 Å². The smallest absolute Gasteiger partial charge is 0.363 e. The number of benzene rings is 3. The second-order valence-corrected chi connectivity index (χ2v) is 10.3. The van der Waals surface area contributed by atoms with Crippen LogP contribution in [0.1, 0.15) is 23.6 Å². The van der Waals surface area contributed by atoms with E-state index in [4.69, 9.17) is 25.8 Å². The molecule has 0 atom stereocenters. The molecule has 36 heavy (non-hydrogen) atoms. The fourth-order valence-corrected chi connectivity index (χ4v) is 4.68. The molecule has 0 bridgehead atoms. The maximum Gasteiger partial charge on any atom is 0.363 e. The SMILES string of the molecule is CCOc1cc(/C=C2\N=C(c3ccc([N+](=O)[O-])cc3Cl)OC2=O)cc(I)c1OCc1ccc(I)cc1. The maximum absolute atomic E-state index is 12.5. The molecule has 0 amide bonds.